The van der Waals surface area contributed by atoms with Crippen LogP contribution < -0.4 is 10.6 Å². The fraction of sp³-hybridized carbons (Fsp3) is 0.556. The van der Waals surface area contributed by atoms with E-state index >= 15 is 0 Å². The average molecular weight is 319 g/mol. The molecule has 0 fully saturated rings. The van der Waals surface area contributed by atoms with E-state index in [0.717, 1.165) is 18.7 Å². The Morgan fingerprint density at radius 3 is 2.22 bits per heavy atom. The van der Waals surface area contributed by atoms with E-state index in [1.54, 1.807) is 6.92 Å². The average Bonchev–Trinajstić information content (AvgIpc) is 2.52. The zero-order valence-corrected chi connectivity index (χ0v) is 14.8. The van der Waals surface area contributed by atoms with Crippen molar-refractivity contribution < 1.29 is 9.59 Å². The Labute approximate surface area is 139 Å². The van der Waals surface area contributed by atoms with E-state index in [9.17, 15) is 9.59 Å². The second kappa shape index (κ2) is 8.67. The van der Waals surface area contributed by atoms with Crippen molar-refractivity contribution in [1.29, 1.82) is 0 Å². The molecule has 0 aromatic heterocycles. The van der Waals surface area contributed by atoms with Gasteiger partial charge in [-0.3, -0.25) is 14.5 Å². The van der Waals surface area contributed by atoms with Gasteiger partial charge in [0, 0.05) is 0 Å². The van der Waals surface area contributed by atoms with E-state index in [-0.39, 0.29) is 11.8 Å². The van der Waals surface area contributed by atoms with Gasteiger partial charge in [0.05, 0.1) is 12.1 Å². The summed E-state index contributed by atoms with van der Waals surface area (Å²) in [7, 11) is 0. The quantitative estimate of drug-likeness (QED) is 0.769. The summed E-state index contributed by atoms with van der Waals surface area (Å²) >= 11 is 0. The van der Waals surface area contributed by atoms with E-state index in [1.165, 1.54) is 0 Å². The Morgan fingerprint density at radius 1 is 1.13 bits per heavy atom. The molecule has 2 N–H and O–H groups in total. The van der Waals surface area contributed by atoms with Crippen molar-refractivity contribution in [3.8, 4) is 0 Å². The standard InChI is InChI=1S/C18H29N3O2/c1-6-21(7-2)13-16(22)19-14(3)17(23)20-18(4,5)15-11-9-8-10-12-15/h8-12,14H,6-7,13H2,1-5H3,(H,19,22)(H,20,23)/t14-/m0/s1. The summed E-state index contributed by atoms with van der Waals surface area (Å²) in [6.07, 6.45) is 0. The zero-order valence-electron chi connectivity index (χ0n) is 14.8. The van der Waals surface area contributed by atoms with Crippen molar-refractivity contribution in [3.63, 3.8) is 0 Å². The van der Waals surface area contributed by atoms with Crippen molar-refractivity contribution in [2.24, 2.45) is 0 Å². The first-order valence-electron chi connectivity index (χ1n) is 8.19. The molecule has 0 bridgehead atoms. The van der Waals surface area contributed by atoms with Gasteiger partial charge in [-0.1, -0.05) is 44.2 Å². The molecule has 0 radical (unpaired) electrons. The predicted molar refractivity (Wildman–Crippen MR) is 93.0 cm³/mol. The number of rotatable bonds is 8. The van der Waals surface area contributed by atoms with Crippen LogP contribution in [0.15, 0.2) is 30.3 Å². The fourth-order valence-corrected chi connectivity index (χ4v) is 2.35. The molecule has 0 saturated carbocycles. The van der Waals surface area contributed by atoms with E-state index in [1.807, 2.05) is 62.9 Å². The monoisotopic (exact) mass is 319 g/mol. The van der Waals surface area contributed by atoms with Gasteiger partial charge in [0.25, 0.3) is 0 Å². The lowest BCUT2D eigenvalue weighted by Gasteiger charge is -2.29. The maximum absolute atomic E-state index is 12.4. The smallest absolute Gasteiger partial charge is 0.242 e. The summed E-state index contributed by atoms with van der Waals surface area (Å²) in [6, 6.07) is 9.21. The maximum atomic E-state index is 12.4. The highest BCUT2D eigenvalue weighted by Gasteiger charge is 2.26. The number of nitrogens with one attached hydrogen (secondary N) is 2. The lowest BCUT2D eigenvalue weighted by molar-refractivity contribution is -0.130. The van der Waals surface area contributed by atoms with E-state index in [0.29, 0.717) is 6.54 Å². The highest BCUT2D eigenvalue weighted by Crippen LogP contribution is 2.19. The van der Waals surface area contributed by atoms with Crippen LogP contribution in [0.5, 0.6) is 0 Å². The molecule has 1 aromatic rings. The Bertz CT molecular complexity index is 510. The van der Waals surface area contributed by atoms with Gasteiger partial charge < -0.3 is 10.6 Å². The first-order chi connectivity index (χ1) is 10.8. The summed E-state index contributed by atoms with van der Waals surface area (Å²) in [5, 5.41) is 5.75. The van der Waals surface area contributed by atoms with Crippen LogP contribution in [0, 0.1) is 0 Å². The third-order valence-corrected chi connectivity index (χ3v) is 3.96. The topological polar surface area (TPSA) is 61.4 Å². The van der Waals surface area contributed by atoms with Crippen LogP contribution in [0.2, 0.25) is 0 Å². The van der Waals surface area contributed by atoms with Crippen LogP contribution in [0.3, 0.4) is 0 Å². The highest BCUT2D eigenvalue weighted by atomic mass is 16.2. The highest BCUT2D eigenvalue weighted by molar-refractivity contribution is 5.88. The van der Waals surface area contributed by atoms with Gasteiger partial charge in [0.15, 0.2) is 0 Å². The molecule has 0 unspecified atom stereocenters. The molecule has 1 rings (SSSR count). The third-order valence-electron chi connectivity index (χ3n) is 3.96. The first-order valence-corrected chi connectivity index (χ1v) is 8.19. The number of hydrogen-bond donors (Lipinski definition) is 2. The Morgan fingerprint density at radius 2 is 1.70 bits per heavy atom. The van der Waals surface area contributed by atoms with Crippen LogP contribution in [0.1, 0.15) is 40.2 Å². The minimum Gasteiger partial charge on any atom is -0.345 e. The van der Waals surface area contributed by atoms with Crippen molar-refractivity contribution in [1.82, 2.24) is 15.5 Å². The molecule has 1 atom stereocenters. The van der Waals surface area contributed by atoms with Gasteiger partial charge in [-0.25, -0.2) is 0 Å². The summed E-state index contributed by atoms with van der Waals surface area (Å²) in [6.45, 7) is 11.6. The molecule has 5 nitrogen and oxygen atoms in total. The SMILES string of the molecule is CCN(CC)CC(=O)N[C@@H](C)C(=O)NC(C)(C)c1ccccc1. The van der Waals surface area contributed by atoms with Crippen LogP contribution in [0.4, 0.5) is 0 Å². The Kier molecular flexibility index (Phi) is 7.23. The summed E-state index contributed by atoms with van der Waals surface area (Å²) in [5.74, 6) is -0.319. The van der Waals surface area contributed by atoms with Gasteiger partial charge in [0.2, 0.25) is 11.8 Å². The number of carbonyl (C=O) groups excluding carboxylic acids is 2. The number of amides is 2. The molecule has 0 aliphatic heterocycles. The van der Waals surface area contributed by atoms with Crippen molar-refractivity contribution >= 4 is 11.8 Å². The van der Waals surface area contributed by atoms with Crippen molar-refractivity contribution in [3.05, 3.63) is 35.9 Å². The van der Waals surface area contributed by atoms with Gasteiger partial charge in [-0.2, -0.15) is 0 Å². The van der Waals surface area contributed by atoms with Gasteiger partial charge in [-0.05, 0) is 39.4 Å². The molecule has 23 heavy (non-hydrogen) atoms. The maximum Gasteiger partial charge on any atom is 0.242 e. The van der Waals surface area contributed by atoms with Crippen LogP contribution in [0.25, 0.3) is 0 Å². The summed E-state index contributed by atoms with van der Waals surface area (Å²) in [4.78, 5) is 26.3. The van der Waals surface area contributed by atoms with Gasteiger partial charge in [0.1, 0.15) is 6.04 Å². The second-order valence-electron chi connectivity index (χ2n) is 6.23. The molecular weight excluding hydrogens is 290 g/mol. The molecule has 2 amide bonds. The lowest BCUT2D eigenvalue weighted by atomic mass is 9.94. The summed E-state index contributed by atoms with van der Waals surface area (Å²) < 4.78 is 0. The fourth-order valence-electron chi connectivity index (χ4n) is 2.35. The Hall–Kier alpha value is -1.88. The molecule has 0 aliphatic carbocycles. The van der Waals surface area contributed by atoms with Crippen LogP contribution >= 0.6 is 0 Å². The zero-order chi connectivity index (χ0) is 17.5. The predicted octanol–water partition coefficient (Wildman–Crippen LogP) is 1.88. The molecule has 128 valence electrons. The molecule has 0 heterocycles. The molecule has 0 spiro atoms. The van der Waals surface area contributed by atoms with Crippen molar-refractivity contribution in [2.75, 3.05) is 19.6 Å². The lowest BCUT2D eigenvalue weighted by Crippen LogP contribution is -2.52. The molecular formula is C18H29N3O2. The van der Waals surface area contributed by atoms with Gasteiger partial charge in [-0.15, -0.1) is 0 Å². The number of benzene rings is 1. The van der Waals surface area contributed by atoms with Crippen LogP contribution in [-0.2, 0) is 15.1 Å². The van der Waals surface area contributed by atoms with Crippen LogP contribution in [-0.4, -0.2) is 42.4 Å². The number of carbonyl (C=O) groups is 2. The molecule has 5 heteroatoms. The minimum absolute atomic E-state index is 0.131. The van der Waals surface area contributed by atoms with E-state index < -0.39 is 11.6 Å². The molecule has 1 aromatic carbocycles. The third kappa shape index (κ3) is 6.02. The number of likely N-dealkylation sites (N-methyl/N-ethyl adjacent to an activating group) is 1. The largest absolute Gasteiger partial charge is 0.345 e. The van der Waals surface area contributed by atoms with E-state index in [2.05, 4.69) is 10.6 Å². The van der Waals surface area contributed by atoms with Gasteiger partial charge >= 0.3 is 0 Å². The van der Waals surface area contributed by atoms with E-state index in [4.69, 9.17) is 0 Å². The second-order valence-corrected chi connectivity index (χ2v) is 6.23. The normalized spacial score (nSPS) is 12.8. The molecule has 0 saturated heterocycles. The number of nitrogens with zero attached hydrogens (tertiary/aromatic N) is 1. The van der Waals surface area contributed by atoms with Crippen molar-refractivity contribution in [2.45, 2.75) is 46.2 Å². The number of hydrogen-bond acceptors (Lipinski definition) is 3. The first kappa shape index (κ1) is 19.2. The molecule has 0 aliphatic rings. The minimum atomic E-state index is -0.568. The summed E-state index contributed by atoms with van der Waals surface area (Å²) in [5.41, 5.74) is 0.533. The Balaban J connectivity index is 2.58.